The SMILES string of the molecule is O=C(N1CCN(CCc2ccccc2)CC1)C1(c2ccccc2)CC1. The zero-order chi connectivity index (χ0) is 17.1. The number of hydrogen-bond acceptors (Lipinski definition) is 2. The van der Waals surface area contributed by atoms with Crippen LogP contribution in [0.3, 0.4) is 0 Å². The van der Waals surface area contributed by atoms with Crippen molar-refractivity contribution in [2.24, 2.45) is 0 Å². The van der Waals surface area contributed by atoms with E-state index in [0.717, 1.165) is 52.0 Å². The third kappa shape index (κ3) is 3.47. The Hall–Kier alpha value is -2.13. The van der Waals surface area contributed by atoms with Crippen LogP contribution in [-0.4, -0.2) is 48.4 Å². The molecule has 0 spiro atoms. The molecule has 1 aliphatic carbocycles. The summed E-state index contributed by atoms with van der Waals surface area (Å²) in [6.45, 7) is 4.78. The number of amides is 1. The van der Waals surface area contributed by atoms with E-state index in [0.29, 0.717) is 5.91 Å². The summed E-state index contributed by atoms with van der Waals surface area (Å²) in [5.41, 5.74) is 2.38. The van der Waals surface area contributed by atoms with E-state index in [9.17, 15) is 4.79 Å². The van der Waals surface area contributed by atoms with Crippen molar-refractivity contribution in [2.75, 3.05) is 32.7 Å². The van der Waals surface area contributed by atoms with E-state index >= 15 is 0 Å². The summed E-state index contributed by atoms with van der Waals surface area (Å²) in [7, 11) is 0. The Bertz CT molecular complexity index is 701. The fourth-order valence-electron chi connectivity index (χ4n) is 3.92. The van der Waals surface area contributed by atoms with Gasteiger partial charge in [0, 0.05) is 32.7 Å². The first kappa shape index (κ1) is 16.3. The van der Waals surface area contributed by atoms with E-state index in [4.69, 9.17) is 0 Å². The van der Waals surface area contributed by atoms with Crippen LogP contribution in [0.25, 0.3) is 0 Å². The smallest absolute Gasteiger partial charge is 0.233 e. The lowest BCUT2D eigenvalue weighted by atomic mass is 9.94. The van der Waals surface area contributed by atoms with Crippen molar-refractivity contribution < 1.29 is 4.79 Å². The van der Waals surface area contributed by atoms with Gasteiger partial charge in [-0.2, -0.15) is 0 Å². The molecule has 4 rings (SSSR count). The van der Waals surface area contributed by atoms with Crippen LogP contribution < -0.4 is 0 Å². The summed E-state index contributed by atoms with van der Waals surface area (Å²) in [6, 6.07) is 21.0. The second kappa shape index (κ2) is 7.01. The normalized spacial score (nSPS) is 19.6. The average Bonchev–Trinajstić information content (AvgIpc) is 3.50. The van der Waals surface area contributed by atoms with Crippen molar-refractivity contribution in [1.29, 1.82) is 0 Å². The van der Waals surface area contributed by atoms with E-state index in [1.165, 1.54) is 11.1 Å². The van der Waals surface area contributed by atoms with E-state index in [-0.39, 0.29) is 5.41 Å². The highest BCUT2D eigenvalue weighted by Gasteiger charge is 2.53. The second-order valence-electron chi connectivity index (χ2n) is 7.32. The van der Waals surface area contributed by atoms with E-state index < -0.39 is 0 Å². The Morgan fingerprint density at radius 3 is 2.04 bits per heavy atom. The molecule has 3 heteroatoms. The Morgan fingerprint density at radius 1 is 0.840 bits per heavy atom. The van der Waals surface area contributed by atoms with Gasteiger partial charge in [0.2, 0.25) is 5.91 Å². The molecule has 1 saturated carbocycles. The Morgan fingerprint density at radius 2 is 1.44 bits per heavy atom. The van der Waals surface area contributed by atoms with Crippen molar-refractivity contribution in [3.63, 3.8) is 0 Å². The Labute approximate surface area is 150 Å². The number of hydrogen-bond donors (Lipinski definition) is 0. The van der Waals surface area contributed by atoms with Gasteiger partial charge in [-0.05, 0) is 30.4 Å². The predicted molar refractivity (Wildman–Crippen MR) is 101 cm³/mol. The van der Waals surface area contributed by atoms with Crippen molar-refractivity contribution in [3.8, 4) is 0 Å². The standard InChI is InChI=1S/C22H26N2O/c25-21(22(12-13-22)20-9-5-2-6-10-20)24-17-15-23(16-18-24)14-11-19-7-3-1-4-8-19/h1-10H,11-18H2. The molecule has 1 heterocycles. The highest BCUT2D eigenvalue weighted by Crippen LogP contribution is 2.49. The van der Waals surface area contributed by atoms with Gasteiger partial charge >= 0.3 is 0 Å². The van der Waals surface area contributed by atoms with Gasteiger partial charge in [0.25, 0.3) is 0 Å². The van der Waals surface area contributed by atoms with Gasteiger partial charge in [-0.25, -0.2) is 0 Å². The Balaban J connectivity index is 1.31. The highest BCUT2D eigenvalue weighted by atomic mass is 16.2. The lowest BCUT2D eigenvalue weighted by Gasteiger charge is -2.36. The number of piperazine rings is 1. The lowest BCUT2D eigenvalue weighted by Crippen LogP contribution is -2.51. The number of benzene rings is 2. The van der Waals surface area contributed by atoms with Crippen LogP contribution >= 0.6 is 0 Å². The Kier molecular flexibility index (Phi) is 4.58. The zero-order valence-corrected chi connectivity index (χ0v) is 14.7. The molecule has 2 aromatic carbocycles. The third-order valence-corrected chi connectivity index (χ3v) is 5.70. The maximum atomic E-state index is 13.1. The summed E-state index contributed by atoms with van der Waals surface area (Å²) in [5, 5.41) is 0. The summed E-state index contributed by atoms with van der Waals surface area (Å²) >= 11 is 0. The summed E-state index contributed by atoms with van der Waals surface area (Å²) in [5.74, 6) is 0.349. The molecule has 0 bridgehead atoms. The van der Waals surface area contributed by atoms with Crippen molar-refractivity contribution in [2.45, 2.75) is 24.7 Å². The quantitative estimate of drug-likeness (QED) is 0.839. The van der Waals surface area contributed by atoms with E-state index in [1.54, 1.807) is 0 Å². The molecule has 0 atom stereocenters. The van der Waals surface area contributed by atoms with Crippen LogP contribution in [-0.2, 0) is 16.6 Å². The van der Waals surface area contributed by atoms with E-state index in [2.05, 4.69) is 52.3 Å². The van der Waals surface area contributed by atoms with Crippen LogP contribution in [0.1, 0.15) is 24.0 Å². The molecule has 25 heavy (non-hydrogen) atoms. The molecule has 1 amide bonds. The molecule has 130 valence electrons. The zero-order valence-electron chi connectivity index (χ0n) is 14.7. The van der Waals surface area contributed by atoms with Gasteiger partial charge in [0.1, 0.15) is 0 Å². The molecule has 1 saturated heterocycles. The maximum absolute atomic E-state index is 13.1. The second-order valence-corrected chi connectivity index (χ2v) is 7.32. The fraction of sp³-hybridized carbons (Fsp3) is 0.409. The molecule has 1 aliphatic heterocycles. The average molecular weight is 334 g/mol. The molecule has 2 aromatic rings. The van der Waals surface area contributed by atoms with Gasteiger partial charge in [0.15, 0.2) is 0 Å². The minimum atomic E-state index is -0.215. The minimum absolute atomic E-state index is 0.215. The fourth-order valence-corrected chi connectivity index (χ4v) is 3.92. The van der Waals surface area contributed by atoms with Gasteiger partial charge in [0.05, 0.1) is 5.41 Å². The molecule has 0 aromatic heterocycles. The monoisotopic (exact) mass is 334 g/mol. The first-order chi connectivity index (χ1) is 12.3. The maximum Gasteiger partial charge on any atom is 0.233 e. The van der Waals surface area contributed by atoms with Crippen molar-refractivity contribution in [3.05, 3.63) is 71.8 Å². The largest absolute Gasteiger partial charge is 0.339 e. The van der Waals surface area contributed by atoms with Gasteiger partial charge in [-0.3, -0.25) is 9.69 Å². The predicted octanol–water partition coefficient (Wildman–Crippen LogP) is 3.11. The molecular formula is C22H26N2O. The number of rotatable bonds is 5. The molecule has 2 aliphatic rings. The molecule has 0 N–H and O–H groups in total. The van der Waals surface area contributed by atoms with Crippen LogP contribution in [0.15, 0.2) is 60.7 Å². The molecule has 3 nitrogen and oxygen atoms in total. The number of nitrogens with zero attached hydrogens (tertiary/aromatic N) is 2. The van der Waals surface area contributed by atoms with Crippen molar-refractivity contribution >= 4 is 5.91 Å². The first-order valence-corrected chi connectivity index (χ1v) is 9.39. The summed E-state index contributed by atoms with van der Waals surface area (Å²) < 4.78 is 0. The topological polar surface area (TPSA) is 23.6 Å². The van der Waals surface area contributed by atoms with Crippen LogP contribution in [0.4, 0.5) is 0 Å². The van der Waals surface area contributed by atoms with Gasteiger partial charge < -0.3 is 4.90 Å². The molecular weight excluding hydrogens is 308 g/mol. The number of carbonyl (C=O) groups excluding carboxylic acids is 1. The minimum Gasteiger partial charge on any atom is -0.339 e. The lowest BCUT2D eigenvalue weighted by molar-refractivity contribution is -0.135. The summed E-state index contributed by atoms with van der Waals surface area (Å²) in [4.78, 5) is 17.7. The highest BCUT2D eigenvalue weighted by molar-refractivity contribution is 5.91. The summed E-state index contributed by atoms with van der Waals surface area (Å²) in [6.07, 6.45) is 3.09. The van der Waals surface area contributed by atoms with Gasteiger partial charge in [-0.15, -0.1) is 0 Å². The van der Waals surface area contributed by atoms with Gasteiger partial charge in [-0.1, -0.05) is 60.7 Å². The first-order valence-electron chi connectivity index (χ1n) is 9.39. The molecule has 0 unspecified atom stereocenters. The number of carbonyl (C=O) groups is 1. The van der Waals surface area contributed by atoms with Crippen LogP contribution in [0.2, 0.25) is 0 Å². The molecule has 0 radical (unpaired) electrons. The van der Waals surface area contributed by atoms with Crippen molar-refractivity contribution in [1.82, 2.24) is 9.80 Å². The van der Waals surface area contributed by atoms with E-state index in [1.807, 2.05) is 18.2 Å². The van der Waals surface area contributed by atoms with Crippen LogP contribution in [0.5, 0.6) is 0 Å². The van der Waals surface area contributed by atoms with Crippen LogP contribution in [0, 0.1) is 0 Å². The third-order valence-electron chi connectivity index (χ3n) is 5.70. The molecule has 2 fully saturated rings.